The molecule has 1 heterocycles. The van der Waals surface area contributed by atoms with Gasteiger partial charge < -0.3 is 10.6 Å². The number of piperidine rings is 1. The SMILES string of the molecule is CCS(=O)(=O)N1CCC(NC(=O)N[C@@H](c2ccccc2)C2CC2)CC1. The highest BCUT2D eigenvalue weighted by Crippen LogP contribution is 2.40. The molecule has 2 amide bonds. The number of sulfonamides is 1. The van der Waals surface area contributed by atoms with Gasteiger partial charge in [0.25, 0.3) is 0 Å². The molecule has 0 radical (unpaired) electrons. The minimum atomic E-state index is -3.13. The Kier molecular flexibility index (Phi) is 5.64. The normalized spacial score (nSPS) is 20.8. The van der Waals surface area contributed by atoms with Crippen molar-refractivity contribution in [1.82, 2.24) is 14.9 Å². The van der Waals surface area contributed by atoms with Crippen molar-refractivity contribution >= 4 is 16.1 Å². The number of hydrogen-bond donors (Lipinski definition) is 2. The zero-order valence-corrected chi connectivity index (χ0v) is 15.5. The van der Waals surface area contributed by atoms with E-state index in [1.54, 1.807) is 6.92 Å². The van der Waals surface area contributed by atoms with Gasteiger partial charge in [-0.05, 0) is 44.1 Å². The first-order valence-electron chi connectivity index (χ1n) is 9.09. The first-order valence-corrected chi connectivity index (χ1v) is 10.7. The smallest absolute Gasteiger partial charge is 0.315 e. The van der Waals surface area contributed by atoms with Gasteiger partial charge in [-0.3, -0.25) is 0 Å². The van der Waals surface area contributed by atoms with Crippen molar-refractivity contribution in [3.05, 3.63) is 35.9 Å². The van der Waals surface area contributed by atoms with Crippen LogP contribution in [-0.4, -0.2) is 43.6 Å². The maximum Gasteiger partial charge on any atom is 0.315 e. The van der Waals surface area contributed by atoms with E-state index in [0.29, 0.717) is 31.8 Å². The van der Waals surface area contributed by atoms with Gasteiger partial charge in [0.05, 0.1) is 11.8 Å². The third-order valence-electron chi connectivity index (χ3n) is 5.09. The fourth-order valence-corrected chi connectivity index (χ4v) is 4.52. The molecule has 25 heavy (non-hydrogen) atoms. The second kappa shape index (κ2) is 7.74. The van der Waals surface area contributed by atoms with Crippen molar-refractivity contribution in [1.29, 1.82) is 0 Å². The average molecular weight is 365 g/mol. The number of urea groups is 1. The van der Waals surface area contributed by atoms with Crippen LogP contribution in [0.4, 0.5) is 4.79 Å². The molecule has 1 aliphatic heterocycles. The molecule has 7 heteroatoms. The lowest BCUT2D eigenvalue weighted by atomic mass is 10.0. The van der Waals surface area contributed by atoms with Gasteiger partial charge in [0.15, 0.2) is 0 Å². The molecule has 138 valence electrons. The molecule has 3 rings (SSSR count). The Morgan fingerprint density at radius 3 is 2.36 bits per heavy atom. The van der Waals surface area contributed by atoms with Crippen LogP contribution in [0.15, 0.2) is 30.3 Å². The predicted molar refractivity (Wildman–Crippen MR) is 97.6 cm³/mol. The molecule has 1 atom stereocenters. The van der Waals surface area contributed by atoms with E-state index in [1.807, 2.05) is 18.2 Å². The van der Waals surface area contributed by atoms with Crippen LogP contribution >= 0.6 is 0 Å². The highest BCUT2D eigenvalue weighted by atomic mass is 32.2. The van der Waals surface area contributed by atoms with Crippen molar-refractivity contribution in [3.63, 3.8) is 0 Å². The molecule has 1 aliphatic carbocycles. The number of nitrogens with zero attached hydrogens (tertiary/aromatic N) is 1. The Morgan fingerprint density at radius 1 is 1.16 bits per heavy atom. The number of benzene rings is 1. The molecular formula is C18H27N3O3S. The lowest BCUT2D eigenvalue weighted by molar-refractivity contribution is 0.222. The van der Waals surface area contributed by atoms with E-state index in [9.17, 15) is 13.2 Å². The van der Waals surface area contributed by atoms with Crippen LogP contribution in [0.25, 0.3) is 0 Å². The summed E-state index contributed by atoms with van der Waals surface area (Å²) in [4.78, 5) is 12.4. The van der Waals surface area contributed by atoms with Gasteiger partial charge in [-0.25, -0.2) is 17.5 Å². The van der Waals surface area contributed by atoms with Crippen molar-refractivity contribution < 1.29 is 13.2 Å². The number of carbonyl (C=O) groups excluding carboxylic acids is 1. The lowest BCUT2D eigenvalue weighted by Gasteiger charge is -2.31. The van der Waals surface area contributed by atoms with E-state index in [1.165, 1.54) is 4.31 Å². The largest absolute Gasteiger partial charge is 0.335 e. The number of nitrogens with one attached hydrogen (secondary N) is 2. The van der Waals surface area contributed by atoms with Gasteiger partial charge in [0.1, 0.15) is 0 Å². The molecule has 0 unspecified atom stereocenters. The van der Waals surface area contributed by atoms with E-state index >= 15 is 0 Å². The van der Waals surface area contributed by atoms with Crippen LogP contribution < -0.4 is 10.6 Å². The van der Waals surface area contributed by atoms with Crippen LogP contribution in [0.5, 0.6) is 0 Å². The summed E-state index contributed by atoms with van der Waals surface area (Å²) in [6.07, 6.45) is 3.61. The minimum Gasteiger partial charge on any atom is -0.335 e. The summed E-state index contributed by atoms with van der Waals surface area (Å²) in [6.45, 7) is 2.62. The van der Waals surface area contributed by atoms with Crippen molar-refractivity contribution in [2.45, 2.75) is 44.7 Å². The van der Waals surface area contributed by atoms with Crippen LogP contribution in [0.1, 0.15) is 44.2 Å². The third kappa shape index (κ3) is 4.73. The topological polar surface area (TPSA) is 78.5 Å². The minimum absolute atomic E-state index is 0.0268. The van der Waals surface area contributed by atoms with Gasteiger partial charge >= 0.3 is 6.03 Å². The van der Waals surface area contributed by atoms with Crippen molar-refractivity contribution in [2.75, 3.05) is 18.8 Å². The van der Waals surface area contributed by atoms with Gasteiger partial charge in [-0.1, -0.05) is 30.3 Å². The number of carbonyl (C=O) groups is 1. The van der Waals surface area contributed by atoms with Crippen LogP contribution in [0.2, 0.25) is 0 Å². The van der Waals surface area contributed by atoms with E-state index in [2.05, 4.69) is 22.8 Å². The number of hydrogen-bond acceptors (Lipinski definition) is 3. The summed E-state index contributed by atoms with van der Waals surface area (Å²) in [6, 6.07) is 10.0. The van der Waals surface area contributed by atoms with E-state index < -0.39 is 10.0 Å². The Balaban J connectivity index is 1.51. The highest BCUT2D eigenvalue weighted by Gasteiger charge is 2.34. The molecular weight excluding hydrogens is 338 g/mol. The first-order chi connectivity index (χ1) is 12.0. The number of amides is 2. The second-order valence-corrected chi connectivity index (χ2v) is 9.18. The molecule has 2 fully saturated rings. The molecule has 1 saturated carbocycles. The first kappa shape index (κ1) is 18.2. The van der Waals surface area contributed by atoms with Crippen molar-refractivity contribution in [3.8, 4) is 0 Å². The lowest BCUT2D eigenvalue weighted by Crippen LogP contribution is -2.50. The van der Waals surface area contributed by atoms with Crippen molar-refractivity contribution in [2.24, 2.45) is 5.92 Å². The summed E-state index contributed by atoms with van der Waals surface area (Å²) in [5.74, 6) is 0.649. The average Bonchev–Trinajstić information content (AvgIpc) is 3.46. The molecule has 1 aromatic rings. The fraction of sp³-hybridized carbons (Fsp3) is 0.611. The van der Waals surface area contributed by atoms with Gasteiger partial charge in [0, 0.05) is 19.1 Å². The molecule has 1 saturated heterocycles. The summed E-state index contributed by atoms with van der Waals surface area (Å²) >= 11 is 0. The summed E-state index contributed by atoms with van der Waals surface area (Å²) in [5.41, 5.74) is 1.14. The molecule has 0 bridgehead atoms. The molecule has 0 aromatic heterocycles. The van der Waals surface area contributed by atoms with E-state index in [0.717, 1.165) is 18.4 Å². The van der Waals surface area contributed by atoms with Gasteiger partial charge in [0.2, 0.25) is 10.0 Å². The Morgan fingerprint density at radius 2 is 1.80 bits per heavy atom. The van der Waals surface area contributed by atoms with Crippen LogP contribution in [0, 0.1) is 5.92 Å². The maximum absolute atomic E-state index is 12.4. The Bertz CT molecular complexity index is 681. The second-order valence-electron chi connectivity index (χ2n) is 6.92. The van der Waals surface area contributed by atoms with Gasteiger partial charge in [-0.2, -0.15) is 0 Å². The fourth-order valence-electron chi connectivity index (χ4n) is 3.39. The number of rotatable bonds is 6. The molecule has 2 aliphatic rings. The highest BCUT2D eigenvalue weighted by molar-refractivity contribution is 7.89. The molecule has 0 spiro atoms. The summed E-state index contributed by atoms with van der Waals surface area (Å²) in [5, 5.41) is 6.13. The molecule has 1 aromatic carbocycles. The van der Waals surface area contributed by atoms with Gasteiger partial charge in [-0.15, -0.1) is 0 Å². The quantitative estimate of drug-likeness (QED) is 0.812. The maximum atomic E-state index is 12.4. The predicted octanol–water partition coefficient (Wildman–Crippen LogP) is 2.25. The summed E-state index contributed by atoms with van der Waals surface area (Å²) in [7, 11) is -3.13. The Labute approximate surface area is 150 Å². The zero-order valence-electron chi connectivity index (χ0n) is 14.6. The molecule has 6 nitrogen and oxygen atoms in total. The standard InChI is InChI=1S/C18H27N3O3S/c1-2-25(23,24)21-12-10-16(11-13-21)19-18(22)20-17(15-8-9-15)14-6-4-3-5-7-14/h3-7,15-17H,2,8-13H2,1H3,(H2,19,20,22)/t17-/m0/s1. The summed E-state index contributed by atoms with van der Waals surface area (Å²) < 4.78 is 25.3. The van der Waals surface area contributed by atoms with Crippen LogP contribution in [-0.2, 0) is 10.0 Å². The zero-order chi connectivity index (χ0) is 17.9. The van der Waals surface area contributed by atoms with Crippen LogP contribution in [0.3, 0.4) is 0 Å². The Hall–Kier alpha value is -1.60. The third-order valence-corrected chi connectivity index (χ3v) is 6.97. The van der Waals surface area contributed by atoms with E-state index in [-0.39, 0.29) is 23.9 Å². The monoisotopic (exact) mass is 365 g/mol. The van der Waals surface area contributed by atoms with E-state index in [4.69, 9.17) is 0 Å². The molecule has 2 N–H and O–H groups in total.